The summed E-state index contributed by atoms with van der Waals surface area (Å²) in [6, 6.07) is 3.45. The molecular formula is C20H26F2O. The van der Waals surface area contributed by atoms with Gasteiger partial charge in [-0.05, 0) is 62.0 Å². The third-order valence-corrected chi connectivity index (χ3v) is 4.60. The molecule has 1 aliphatic carbocycles. The summed E-state index contributed by atoms with van der Waals surface area (Å²) in [5, 5.41) is 0. The van der Waals surface area contributed by atoms with E-state index in [1.807, 2.05) is 6.08 Å². The minimum absolute atomic E-state index is 0.431. The van der Waals surface area contributed by atoms with Crippen molar-refractivity contribution in [2.24, 2.45) is 5.92 Å². The van der Waals surface area contributed by atoms with E-state index >= 15 is 0 Å². The summed E-state index contributed by atoms with van der Waals surface area (Å²) in [5.41, 5.74) is 1.81. The summed E-state index contributed by atoms with van der Waals surface area (Å²) in [6.45, 7) is 4.30. The summed E-state index contributed by atoms with van der Waals surface area (Å²) < 4.78 is 33.6. The fourth-order valence-electron chi connectivity index (χ4n) is 3.19. The first-order valence-corrected chi connectivity index (χ1v) is 8.43. The molecule has 0 heterocycles. The summed E-state index contributed by atoms with van der Waals surface area (Å²) in [5.74, 6) is -0.762. The molecule has 23 heavy (non-hydrogen) atoms. The predicted molar refractivity (Wildman–Crippen MR) is 91.3 cm³/mol. The molecule has 126 valence electrons. The van der Waals surface area contributed by atoms with Crippen LogP contribution in [0.3, 0.4) is 0 Å². The van der Waals surface area contributed by atoms with Crippen LogP contribution in [-0.2, 0) is 11.2 Å². The van der Waals surface area contributed by atoms with Crippen molar-refractivity contribution < 1.29 is 13.5 Å². The molecule has 1 nitrogen and oxygen atoms in total. The molecule has 0 amide bonds. The Morgan fingerprint density at radius 3 is 2.78 bits per heavy atom. The lowest BCUT2D eigenvalue weighted by Crippen LogP contribution is -2.07. The first-order chi connectivity index (χ1) is 11.2. The number of aryl methyl sites for hydroxylation is 1. The largest absolute Gasteiger partial charge is 0.385 e. The van der Waals surface area contributed by atoms with Crippen molar-refractivity contribution in [3.63, 3.8) is 0 Å². The van der Waals surface area contributed by atoms with Gasteiger partial charge >= 0.3 is 0 Å². The second kappa shape index (κ2) is 8.97. The zero-order chi connectivity index (χ0) is 16.7. The summed E-state index contributed by atoms with van der Waals surface area (Å²) >= 11 is 0. The third-order valence-electron chi connectivity index (χ3n) is 4.60. The number of benzene rings is 1. The quantitative estimate of drug-likeness (QED) is 0.441. The maximum atomic E-state index is 14.4. The van der Waals surface area contributed by atoms with Crippen molar-refractivity contribution in [1.82, 2.24) is 0 Å². The molecule has 1 aromatic carbocycles. The third kappa shape index (κ3) is 4.74. The Bertz CT molecular complexity index is 563. The summed E-state index contributed by atoms with van der Waals surface area (Å²) in [7, 11) is 1.61. The molecule has 1 atom stereocenters. The van der Waals surface area contributed by atoms with Crippen molar-refractivity contribution >= 4 is 5.57 Å². The highest BCUT2D eigenvalue weighted by molar-refractivity contribution is 5.67. The van der Waals surface area contributed by atoms with E-state index in [1.165, 1.54) is 0 Å². The van der Waals surface area contributed by atoms with Gasteiger partial charge in [-0.3, -0.25) is 0 Å². The molecule has 0 saturated heterocycles. The van der Waals surface area contributed by atoms with E-state index < -0.39 is 11.6 Å². The minimum atomic E-state index is -0.701. The van der Waals surface area contributed by atoms with Gasteiger partial charge in [0, 0.05) is 19.3 Å². The summed E-state index contributed by atoms with van der Waals surface area (Å²) in [4.78, 5) is 0. The molecule has 2 rings (SSSR count). The van der Waals surface area contributed by atoms with Gasteiger partial charge in [0.1, 0.15) is 0 Å². The minimum Gasteiger partial charge on any atom is -0.385 e. The number of ether oxygens (including phenoxy) is 1. The number of hydrogen-bond acceptors (Lipinski definition) is 1. The van der Waals surface area contributed by atoms with E-state index in [1.54, 1.807) is 19.2 Å². The van der Waals surface area contributed by atoms with Gasteiger partial charge < -0.3 is 4.74 Å². The van der Waals surface area contributed by atoms with Gasteiger partial charge in [0.05, 0.1) is 0 Å². The van der Waals surface area contributed by atoms with Crippen LogP contribution in [-0.4, -0.2) is 13.7 Å². The van der Waals surface area contributed by atoms with Crippen LogP contribution >= 0.6 is 0 Å². The first kappa shape index (κ1) is 17.9. The Morgan fingerprint density at radius 2 is 2.13 bits per heavy atom. The fourth-order valence-corrected chi connectivity index (χ4v) is 3.19. The normalized spacial score (nSPS) is 17.9. The zero-order valence-corrected chi connectivity index (χ0v) is 13.9. The van der Waals surface area contributed by atoms with Crippen molar-refractivity contribution in [2.75, 3.05) is 13.7 Å². The molecule has 3 heteroatoms. The molecule has 0 saturated carbocycles. The molecule has 0 aromatic heterocycles. The van der Waals surface area contributed by atoms with Gasteiger partial charge in [0.2, 0.25) is 0 Å². The Hall–Kier alpha value is -1.48. The molecule has 0 spiro atoms. The number of methoxy groups -OCH3 is 1. The number of hydrogen-bond donors (Lipinski definition) is 0. The monoisotopic (exact) mass is 320 g/mol. The Morgan fingerprint density at radius 1 is 1.30 bits per heavy atom. The van der Waals surface area contributed by atoms with Crippen LogP contribution in [0.25, 0.3) is 5.57 Å². The van der Waals surface area contributed by atoms with Gasteiger partial charge in [-0.15, -0.1) is 6.58 Å². The van der Waals surface area contributed by atoms with Crippen LogP contribution in [0.4, 0.5) is 8.78 Å². The Labute approximate surface area is 138 Å². The highest BCUT2D eigenvalue weighted by Crippen LogP contribution is 2.34. The van der Waals surface area contributed by atoms with Crippen LogP contribution < -0.4 is 0 Å². The molecule has 0 N–H and O–H groups in total. The zero-order valence-electron chi connectivity index (χ0n) is 13.9. The molecule has 0 fully saturated rings. The molecule has 0 bridgehead atoms. The Kier molecular flexibility index (Phi) is 6.97. The lowest BCUT2D eigenvalue weighted by Gasteiger charge is -2.22. The molecule has 1 unspecified atom stereocenters. The van der Waals surface area contributed by atoms with Crippen LogP contribution in [0.5, 0.6) is 0 Å². The SMILES string of the molecule is C=CCCC1CC=C(c2ccc(CCCOC)c(F)c2F)CC1. The van der Waals surface area contributed by atoms with E-state index in [0.29, 0.717) is 36.5 Å². The lowest BCUT2D eigenvalue weighted by atomic mass is 9.84. The fraction of sp³-hybridized carbons (Fsp3) is 0.500. The van der Waals surface area contributed by atoms with Crippen LogP contribution in [0.15, 0.2) is 30.9 Å². The molecule has 0 radical (unpaired) electrons. The average Bonchev–Trinajstić information content (AvgIpc) is 2.58. The molecule has 0 aliphatic heterocycles. The van der Waals surface area contributed by atoms with Gasteiger partial charge in [-0.25, -0.2) is 8.78 Å². The van der Waals surface area contributed by atoms with Crippen LogP contribution in [0, 0.1) is 17.6 Å². The maximum Gasteiger partial charge on any atom is 0.166 e. The van der Waals surface area contributed by atoms with E-state index in [-0.39, 0.29) is 0 Å². The second-order valence-electron chi connectivity index (χ2n) is 6.23. The van der Waals surface area contributed by atoms with Crippen molar-refractivity contribution in [1.29, 1.82) is 0 Å². The van der Waals surface area contributed by atoms with Crippen molar-refractivity contribution in [3.05, 3.63) is 53.6 Å². The maximum absolute atomic E-state index is 14.4. The standard InChI is InChI=1S/C20H26F2O/c1-3-4-6-15-8-10-16(11-9-15)18-13-12-17(7-5-14-23-2)19(21)20(18)22/h3,10,12-13,15H,1,4-9,11,14H2,2H3. The Balaban J connectivity index is 2.07. The average molecular weight is 320 g/mol. The topological polar surface area (TPSA) is 9.23 Å². The van der Waals surface area contributed by atoms with Gasteiger partial charge in [0.15, 0.2) is 11.6 Å². The van der Waals surface area contributed by atoms with Crippen LogP contribution in [0.1, 0.15) is 49.7 Å². The van der Waals surface area contributed by atoms with Gasteiger partial charge in [-0.1, -0.05) is 24.3 Å². The van der Waals surface area contributed by atoms with Crippen LogP contribution in [0.2, 0.25) is 0 Å². The predicted octanol–water partition coefficient (Wildman–Crippen LogP) is 5.69. The molecule has 1 aliphatic rings. The molecule has 1 aromatic rings. The van der Waals surface area contributed by atoms with Gasteiger partial charge in [0.25, 0.3) is 0 Å². The number of halogens is 2. The van der Waals surface area contributed by atoms with E-state index in [2.05, 4.69) is 12.7 Å². The highest BCUT2D eigenvalue weighted by Gasteiger charge is 2.20. The second-order valence-corrected chi connectivity index (χ2v) is 6.23. The number of rotatable bonds is 8. The first-order valence-electron chi connectivity index (χ1n) is 8.43. The smallest absolute Gasteiger partial charge is 0.166 e. The summed E-state index contributed by atoms with van der Waals surface area (Å²) in [6.07, 6.45) is 10.2. The highest BCUT2D eigenvalue weighted by atomic mass is 19.2. The van der Waals surface area contributed by atoms with Crippen molar-refractivity contribution in [3.8, 4) is 0 Å². The van der Waals surface area contributed by atoms with E-state index in [4.69, 9.17) is 4.74 Å². The van der Waals surface area contributed by atoms with E-state index in [9.17, 15) is 8.78 Å². The number of allylic oxidation sites excluding steroid dienone is 3. The van der Waals surface area contributed by atoms with Gasteiger partial charge in [-0.2, -0.15) is 0 Å². The van der Waals surface area contributed by atoms with Crippen molar-refractivity contribution in [2.45, 2.75) is 44.9 Å². The van der Waals surface area contributed by atoms with E-state index in [0.717, 1.165) is 37.7 Å². The molecular weight excluding hydrogens is 294 g/mol. The lowest BCUT2D eigenvalue weighted by molar-refractivity contribution is 0.195.